The molecular formula is C39H52O8. The first kappa shape index (κ1) is 39.3. The van der Waals surface area contributed by atoms with Gasteiger partial charge in [-0.2, -0.15) is 0 Å². The monoisotopic (exact) mass is 648 g/mol. The Kier molecular flexibility index (Phi) is 22.7. The van der Waals surface area contributed by atoms with Gasteiger partial charge < -0.3 is 37.9 Å². The standard InChI is InChI=1S/C19H24O4.C18H22O4.C2H6/c1-20-12-13-22-19(16-23-18-10-6-3-7-11-18)15-21-14-17-8-4-2-5-9-17;1-19-12-13-20-18(14-21-16-8-4-2-5-9-16)15-22-17-10-6-3-7-11-17;1-2/h2-11,19H,12-16H2,1H3;2-11,18H,12-15H2,1H3;1-2H3. The first-order valence-electron chi connectivity index (χ1n) is 16.1. The number of hydrogen-bond acceptors (Lipinski definition) is 8. The molecule has 1 atom stereocenters. The van der Waals surface area contributed by atoms with Crippen molar-refractivity contribution in [3.8, 4) is 17.2 Å². The van der Waals surface area contributed by atoms with Gasteiger partial charge in [-0.05, 0) is 42.0 Å². The predicted octanol–water partition coefficient (Wildman–Crippen LogP) is 7.52. The van der Waals surface area contributed by atoms with Gasteiger partial charge in [0.25, 0.3) is 0 Å². The lowest BCUT2D eigenvalue weighted by atomic mass is 10.2. The molecule has 1 unspecified atom stereocenters. The zero-order valence-corrected chi connectivity index (χ0v) is 28.3. The van der Waals surface area contributed by atoms with E-state index >= 15 is 0 Å². The molecule has 0 aromatic heterocycles. The summed E-state index contributed by atoms with van der Waals surface area (Å²) in [6.07, 6.45) is -0.287. The molecule has 256 valence electrons. The molecule has 8 nitrogen and oxygen atoms in total. The maximum Gasteiger partial charge on any atom is 0.125 e. The number of ether oxygens (including phenoxy) is 8. The van der Waals surface area contributed by atoms with Gasteiger partial charge in [-0.3, -0.25) is 0 Å². The van der Waals surface area contributed by atoms with Gasteiger partial charge in [0.15, 0.2) is 0 Å². The number of methoxy groups -OCH3 is 2. The number of benzene rings is 4. The molecule has 0 bridgehead atoms. The van der Waals surface area contributed by atoms with Crippen LogP contribution in [0.1, 0.15) is 19.4 Å². The van der Waals surface area contributed by atoms with E-state index < -0.39 is 0 Å². The lowest BCUT2D eigenvalue weighted by Crippen LogP contribution is -2.30. The lowest BCUT2D eigenvalue weighted by Gasteiger charge is -2.19. The van der Waals surface area contributed by atoms with Crippen LogP contribution < -0.4 is 14.2 Å². The van der Waals surface area contributed by atoms with Crippen LogP contribution in [0.25, 0.3) is 0 Å². The van der Waals surface area contributed by atoms with E-state index in [9.17, 15) is 0 Å². The van der Waals surface area contributed by atoms with Crippen LogP contribution in [-0.2, 0) is 30.3 Å². The second-order valence-corrected chi connectivity index (χ2v) is 9.84. The highest BCUT2D eigenvalue weighted by atomic mass is 16.6. The van der Waals surface area contributed by atoms with Gasteiger partial charge >= 0.3 is 0 Å². The van der Waals surface area contributed by atoms with Gasteiger partial charge in [-0.25, -0.2) is 0 Å². The molecule has 4 rings (SSSR count). The number of hydrogen-bond donors (Lipinski definition) is 0. The fraction of sp³-hybridized carbons (Fsp3) is 0.385. The summed E-state index contributed by atoms with van der Waals surface area (Å²) in [7, 11) is 3.31. The van der Waals surface area contributed by atoms with Crippen molar-refractivity contribution in [1.82, 2.24) is 0 Å². The van der Waals surface area contributed by atoms with E-state index in [0.717, 1.165) is 22.8 Å². The first-order valence-corrected chi connectivity index (χ1v) is 16.1. The van der Waals surface area contributed by atoms with Crippen LogP contribution in [0.15, 0.2) is 121 Å². The summed E-state index contributed by atoms with van der Waals surface area (Å²) in [5, 5.41) is 0. The number of para-hydroxylation sites is 3. The van der Waals surface area contributed by atoms with Crippen molar-refractivity contribution in [3.05, 3.63) is 127 Å². The number of rotatable bonds is 21. The van der Waals surface area contributed by atoms with Gasteiger partial charge in [0.05, 0.1) is 39.6 Å². The normalized spacial score (nSPS) is 11.0. The third-order valence-corrected chi connectivity index (χ3v) is 6.23. The predicted molar refractivity (Wildman–Crippen MR) is 186 cm³/mol. The van der Waals surface area contributed by atoms with Crippen molar-refractivity contribution in [3.63, 3.8) is 0 Å². The van der Waals surface area contributed by atoms with E-state index in [1.807, 2.05) is 135 Å². The highest BCUT2D eigenvalue weighted by Crippen LogP contribution is 2.13. The zero-order valence-electron chi connectivity index (χ0n) is 28.3. The van der Waals surface area contributed by atoms with E-state index in [4.69, 9.17) is 37.9 Å². The Morgan fingerprint density at radius 1 is 0.426 bits per heavy atom. The Morgan fingerprint density at radius 3 is 1.13 bits per heavy atom. The Hall–Kier alpha value is -3.92. The van der Waals surface area contributed by atoms with Crippen LogP contribution in [0, 0.1) is 0 Å². The molecule has 0 fully saturated rings. The first-order chi connectivity index (χ1) is 23.3. The highest BCUT2D eigenvalue weighted by molar-refractivity contribution is 5.22. The smallest absolute Gasteiger partial charge is 0.125 e. The van der Waals surface area contributed by atoms with Crippen LogP contribution in [0.3, 0.4) is 0 Å². The van der Waals surface area contributed by atoms with Crippen molar-refractivity contribution >= 4 is 0 Å². The van der Waals surface area contributed by atoms with E-state index in [-0.39, 0.29) is 12.2 Å². The minimum Gasteiger partial charge on any atom is -0.491 e. The molecule has 0 aliphatic carbocycles. The van der Waals surface area contributed by atoms with E-state index in [0.29, 0.717) is 59.5 Å². The molecule has 0 spiro atoms. The molecule has 0 heterocycles. The molecule has 4 aromatic carbocycles. The van der Waals surface area contributed by atoms with Gasteiger partial charge in [0, 0.05) is 14.2 Å². The molecule has 0 radical (unpaired) electrons. The fourth-order valence-corrected chi connectivity index (χ4v) is 3.89. The third kappa shape index (κ3) is 19.4. The average molecular weight is 649 g/mol. The third-order valence-electron chi connectivity index (χ3n) is 6.23. The highest BCUT2D eigenvalue weighted by Gasteiger charge is 2.13. The zero-order chi connectivity index (χ0) is 33.6. The van der Waals surface area contributed by atoms with Crippen molar-refractivity contribution in [2.75, 3.05) is 67.1 Å². The van der Waals surface area contributed by atoms with E-state index in [2.05, 4.69) is 0 Å². The quantitative estimate of drug-likeness (QED) is 0.0860. The second kappa shape index (κ2) is 27.2. The summed E-state index contributed by atoms with van der Waals surface area (Å²) in [5.74, 6) is 2.47. The molecule has 0 N–H and O–H groups in total. The Balaban J connectivity index is 0.000000311. The Morgan fingerprint density at radius 2 is 0.766 bits per heavy atom. The molecule has 0 saturated carbocycles. The fourth-order valence-electron chi connectivity index (χ4n) is 3.89. The molecular weight excluding hydrogens is 596 g/mol. The van der Waals surface area contributed by atoms with Crippen molar-refractivity contribution in [1.29, 1.82) is 0 Å². The molecule has 47 heavy (non-hydrogen) atoms. The van der Waals surface area contributed by atoms with Crippen LogP contribution in [0.5, 0.6) is 17.2 Å². The second-order valence-electron chi connectivity index (χ2n) is 9.84. The molecule has 0 saturated heterocycles. The van der Waals surface area contributed by atoms with Crippen LogP contribution in [0.4, 0.5) is 0 Å². The van der Waals surface area contributed by atoms with Crippen LogP contribution >= 0.6 is 0 Å². The Bertz CT molecular complexity index is 1170. The maximum absolute atomic E-state index is 5.77. The van der Waals surface area contributed by atoms with Crippen molar-refractivity contribution in [2.24, 2.45) is 0 Å². The minimum absolute atomic E-state index is 0.130. The van der Waals surface area contributed by atoms with Gasteiger partial charge in [-0.15, -0.1) is 0 Å². The summed E-state index contributed by atoms with van der Waals surface area (Å²) in [6, 6.07) is 39.2. The summed E-state index contributed by atoms with van der Waals surface area (Å²) in [5.41, 5.74) is 1.15. The van der Waals surface area contributed by atoms with Crippen molar-refractivity contribution < 1.29 is 37.9 Å². The summed E-state index contributed by atoms with van der Waals surface area (Å²) < 4.78 is 44.5. The van der Waals surface area contributed by atoms with Crippen molar-refractivity contribution in [2.45, 2.75) is 32.7 Å². The largest absolute Gasteiger partial charge is 0.491 e. The molecule has 0 aliphatic rings. The summed E-state index contributed by atoms with van der Waals surface area (Å²) in [4.78, 5) is 0. The lowest BCUT2D eigenvalue weighted by molar-refractivity contribution is -0.0539. The molecule has 8 heteroatoms. The summed E-state index contributed by atoms with van der Waals surface area (Å²) in [6.45, 7) is 8.49. The van der Waals surface area contributed by atoms with E-state index in [1.165, 1.54) is 0 Å². The van der Waals surface area contributed by atoms with Gasteiger partial charge in [-0.1, -0.05) is 98.8 Å². The average Bonchev–Trinajstić information content (AvgIpc) is 3.14. The minimum atomic E-state index is -0.157. The van der Waals surface area contributed by atoms with Crippen LogP contribution in [-0.4, -0.2) is 79.3 Å². The van der Waals surface area contributed by atoms with E-state index in [1.54, 1.807) is 14.2 Å². The van der Waals surface area contributed by atoms with Gasteiger partial charge in [0.2, 0.25) is 0 Å². The molecule has 0 amide bonds. The molecule has 0 aliphatic heterocycles. The maximum atomic E-state index is 5.77. The Labute approximate surface area is 281 Å². The SMILES string of the molecule is CC.COCCOC(COCc1ccccc1)COc1ccccc1.COCCOC(COc1ccccc1)COc1ccccc1. The van der Waals surface area contributed by atoms with Gasteiger partial charge in [0.1, 0.15) is 49.3 Å². The molecule has 4 aromatic rings. The van der Waals surface area contributed by atoms with Crippen LogP contribution in [0.2, 0.25) is 0 Å². The topological polar surface area (TPSA) is 73.8 Å². The summed E-state index contributed by atoms with van der Waals surface area (Å²) >= 11 is 0.